The summed E-state index contributed by atoms with van der Waals surface area (Å²) in [4.78, 5) is 42.8. The van der Waals surface area contributed by atoms with Gasteiger partial charge in [-0.1, -0.05) is 6.92 Å². The molecule has 1 aliphatic heterocycles. The Morgan fingerprint density at radius 2 is 1.82 bits per heavy atom. The average molecular weight is 526 g/mol. The number of amides is 3. The third-order valence-electron chi connectivity index (χ3n) is 7.29. The van der Waals surface area contributed by atoms with E-state index in [1.165, 1.54) is 24.3 Å². The van der Waals surface area contributed by atoms with E-state index in [9.17, 15) is 18.8 Å². The third kappa shape index (κ3) is 6.69. The van der Waals surface area contributed by atoms with Crippen molar-refractivity contribution in [2.24, 2.45) is 11.8 Å². The molecule has 0 spiro atoms. The lowest BCUT2D eigenvalue weighted by Crippen LogP contribution is -2.48. The number of ether oxygens (including phenoxy) is 2. The molecule has 2 aliphatic rings. The molecule has 3 amide bonds. The van der Waals surface area contributed by atoms with Crippen LogP contribution >= 0.6 is 0 Å². The maximum Gasteiger partial charge on any atom is 0.257 e. The summed E-state index contributed by atoms with van der Waals surface area (Å²) >= 11 is 0. The first-order valence-corrected chi connectivity index (χ1v) is 13.1. The molecule has 0 bridgehead atoms. The summed E-state index contributed by atoms with van der Waals surface area (Å²) in [5.41, 5.74) is 0.984. The molecule has 0 aromatic heterocycles. The number of likely N-dealkylation sites (N-methyl/N-ethyl adjacent to an activating group) is 1. The van der Waals surface area contributed by atoms with Crippen LogP contribution < -0.4 is 10.1 Å². The van der Waals surface area contributed by atoms with Crippen molar-refractivity contribution in [3.63, 3.8) is 0 Å². The quantitative estimate of drug-likeness (QED) is 0.632. The number of nitrogens with zero attached hydrogens (tertiary/aromatic N) is 2. The highest BCUT2D eigenvalue weighted by atomic mass is 19.1. The second kappa shape index (κ2) is 11.9. The Bertz CT molecular complexity index is 1170. The van der Waals surface area contributed by atoms with Crippen molar-refractivity contribution < 1.29 is 28.2 Å². The number of hydrogen-bond donors (Lipinski definition) is 1. The summed E-state index contributed by atoms with van der Waals surface area (Å²) in [7, 11) is 3.31. The zero-order valence-electron chi connectivity index (χ0n) is 22.4. The molecule has 3 atom stereocenters. The number of hydrogen-bond acceptors (Lipinski definition) is 5. The number of carbonyl (C=O) groups is 3. The number of rotatable bonds is 5. The number of fused-ring (bicyclic) bond motifs is 1. The Kier molecular flexibility index (Phi) is 8.66. The highest BCUT2D eigenvalue weighted by molar-refractivity contribution is 6.05. The first-order chi connectivity index (χ1) is 18.2. The molecule has 204 valence electrons. The van der Waals surface area contributed by atoms with Gasteiger partial charge < -0.3 is 24.6 Å². The second-order valence-electron chi connectivity index (χ2n) is 10.5. The fourth-order valence-corrected chi connectivity index (χ4v) is 4.69. The fraction of sp³-hybridized carbons (Fsp3) is 0.483. The van der Waals surface area contributed by atoms with Crippen LogP contribution in [0.3, 0.4) is 0 Å². The van der Waals surface area contributed by atoms with Crippen LogP contribution in [0.2, 0.25) is 0 Å². The van der Waals surface area contributed by atoms with Crippen LogP contribution in [0.1, 0.15) is 53.8 Å². The molecule has 1 N–H and O–H groups in total. The standard InChI is InChI=1S/C29H36FN3O5/c1-18-15-33(27(34)13-20-5-6-20)19(2)17-38-25-12-11-23(31-28(35)21-7-9-22(30)10-8-21)14-24(25)29(36)32(3)16-26(18)37-4/h7-12,14,18-20,26H,5-6,13,15-17H2,1-4H3,(H,31,35)/t18-,19+,26+/m0/s1. The molecule has 1 fully saturated rings. The van der Waals surface area contributed by atoms with Gasteiger partial charge in [0.25, 0.3) is 11.8 Å². The van der Waals surface area contributed by atoms with E-state index in [0.29, 0.717) is 42.4 Å². The molecule has 1 aliphatic carbocycles. The Labute approximate surface area is 223 Å². The van der Waals surface area contributed by atoms with E-state index in [1.807, 2.05) is 18.7 Å². The summed E-state index contributed by atoms with van der Waals surface area (Å²) in [6.45, 7) is 5.03. The molecule has 0 unspecified atom stereocenters. The first-order valence-electron chi connectivity index (χ1n) is 13.1. The smallest absolute Gasteiger partial charge is 0.257 e. The lowest BCUT2D eigenvalue weighted by Gasteiger charge is -2.36. The summed E-state index contributed by atoms with van der Waals surface area (Å²) in [6.07, 6.45) is 2.46. The van der Waals surface area contributed by atoms with Crippen molar-refractivity contribution in [1.82, 2.24) is 9.80 Å². The van der Waals surface area contributed by atoms with Crippen LogP contribution in [0.15, 0.2) is 42.5 Å². The minimum Gasteiger partial charge on any atom is -0.491 e. The lowest BCUT2D eigenvalue weighted by atomic mass is 10.0. The number of methoxy groups -OCH3 is 1. The highest BCUT2D eigenvalue weighted by Crippen LogP contribution is 2.33. The van der Waals surface area contributed by atoms with Crippen LogP contribution in [0.5, 0.6) is 5.75 Å². The maximum atomic E-state index is 13.5. The van der Waals surface area contributed by atoms with E-state index in [0.717, 1.165) is 12.8 Å². The Balaban J connectivity index is 1.61. The maximum absolute atomic E-state index is 13.5. The van der Waals surface area contributed by atoms with Crippen LogP contribution in [-0.4, -0.2) is 73.5 Å². The minimum atomic E-state index is -0.433. The minimum absolute atomic E-state index is 0.0129. The predicted octanol–water partition coefficient (Wildman–Crippen LogP) is 4.21. The molecular formula is C29H36FN3O5. The molecular weight excluding hydrogens is 489 g/mol. The van der Waals surface area contributed by atoms with Gasteiger partial charge in [-0.05, 0) is 68.1 Å². The Morgan fingerprint density at radius 1 is 1.11 bits per heavy atom. The summed E-state index contributed by atoms with van der Waals surface area (Å²) < 4.78 is 25.1. The van der Waals surface area contributed by atoms with Crippen LogP contribution in [0.4, 0.5) is 10.1 Å². The fourth-order valence-electron chi connectivity index (χ4n) is 4.69. The van der Waals surface area contributed by atoms with E-state index in [-0.39, 0.29) is 42.0 Å². The second-order valence-corrected chi connectivity index (χ2v) is 10.5. The van der Waals surface area contributed by atoms with E-state index in [4.69, 9.17) is 9.47 Å². The number of carbonyl (C=O) groups excluding carboxylic acids is 3. The number of benzene rings is 2. The van der Waals surface area contributed by atoms with Crippen molar-refractivity contribution in [1.29, 1.82) is 0 Å². The van der Waals surface area contributed by atoms with Crippen LogP contribution in [0.25, 0.3) is 0 Å². The van der Waals surface area contributed by atoms with Gasteiger partial charge in [-0.2, -0.15) is 0 Å². The number of nitrogens with one attached hydrogen (secondary N) is 1. The molecule has 4 rings (SSSR count). The number of halogens is 1. The SMILES string of the molecule is CO[C@@H]1CN(C)C(=O)c2cc(NC(=O)c3ccc(F)cc3)ccc2OC[C@@H](C)N(C(=O)CC2CC2)C[C@@H]1C. The van der Waals surface area contributed by atoms with E-state index in [2.05, 4.69) is 5.32 Å². The zero-order chi connectivity index (χ0) is 27.4. The van der Waals surface area contributed by atoms with Gasteiger partial charge in [-0.3, -0.25) is 14.4 Å². The molecule has 9 heteroatoms. The molecule has 0 saturated heterocycles. The Hall–Kier alpha value is -3.46. The van der Waals surface area contributed by atoms with Gasteiger partial charge in [0.1, 0.15) is 18.2 Å². The van der Waals surface area contributed by atoms with Crippen molar-refractivity contribution in [3.05, 3.63) is 59.4 Å². The molecule has 0 radical (unpaired) electrons. The molecule has 38 heavy (non-hydrogen) atoms. The lowest BCUT2D eigenvalue weighted by molar-refractivity contribution is -0.135. The first kappa shape index (κ1) is 27.6. The summed E-state index contributed by atoms with van der Waals surface area (Å²) in [5, 5.41) is 2.77. The van der Waals surface area contributed by atoms with Gasteiger partial charge in [-0.15, -0.1) is 0 Å². The van der Waals surface area contributed by atoms with Crippen LogP contribution in [-0.2, 0) is 9.53 Å². The van der Waals surface area contributed by atoms with Crippen molar-refractivity contribution in [2.75, 3.05) is 39.2 Å². The summed E-state index contributed by atoms with van der Waals surface area (Å²) in [5.74, 6) is -0.192. The van der Waals surface area contributed by atoms with Gasteiger partial charge in [0.2, 0.25) is 5.91 Å². The largest absolute Gasteiger partial charge is 0.491 e. The van der Waals surface area contributed by atoms with Crippen molar-refractivity contribution >= 4 is 23.4 Å². The average Bonchev–Trinajstić information content (AvgIpc) is 3.72. The van der Waals surface area contributed by atoms with Gasteiger partial charge in [-0.25, -0.2) is 4.39 Å². The third-order valence-corrected chi connectivity index (χ3v) is 7.29. The van der Waals surface area contributed by atoms with Crippen LogP contribution in [0, 0.1) is 17.7 Å². The van der Waals surface area contributed by atoms with Gasteiger partial charge >= 0.3 is 0 Å². The molecule has 2 aromatic rings. The number of anilines is 1. The van der Waals surface area contributed by atoms with Crippen molar-refractivity contribution in [2.45, 2.75) is 45.3 Å². The van der Waals surface area contributed by atoms with E-state index >= 15 is 0 Å². The van der Waals surface area contributed by atoms with Gasteiger partial charge in [0.15, 0.2) is 0 Å². The topological polar surface area (TPSA) is 88.2 Å². The van der Waals surface area contributed by atoms with E-state index < -0.39 is 11.7 Å². The van der Waals surface area contributed by atoms with Gasteiger partial charge in [0.05, 0.1) is 17.7 Å². The highest BCUT2D eigenvalue weighted by Gasteiger charge is 2.33. The molecule has 1 saturated carbocycles. The van der Waals surface area contributed by atoms with Gasteiger partial charge in [0, 0.05) is 50.8 Å². The summed E-state index contributed by atoms with van der Waals surface area (Å²) in [6, 6.07) is 9.88. The predicted molar refractivity (Wildman–Crippen MR) is 142 cm³/mol. The van der Waals surface area contributed by atoms with Crippen molar-refractivity contribution in [3.8, 4) is 5.75 Å². The molecule has 2 aromatic carbocycles. The molecule has 8 nitrogen and oxygen atoms in total. The zero-order valence-corrected chi connectivity index (χ0v) is 22.4. The Morgan fingerprint density at radius 3 is 2.47 bits per heavy atom. The molecule has 1 heterocycles. The van der Waals surface area contributed by atoms with E-state index in [1.54, 1.807) is 37.3 Å². The monoisotopic (exact) mass is 525 g/mol. The normalized spacial score (nSPS) is 22.6.